The molecule has 0 fully saturated rings. The lowest BCUT2D eigenvalue weighted by atomic mass is 9.97. The molecule has 0 N–H and O–H groups in total. The molecule has 7 heteroatoms. The summed E-state index contributed by atoms with van der Waals surface area (Å²) in [5.74, 6) is 1.66. The Hall–Kier alpha value is -4.26. The van der Waals surface area contributed by atoms with E-state index in [2.05, 4.69) is 6.92 Å². The molecule has 2 heterocycles. The van der Waals surface area contributed by atoms with Crippen molar-refractivity contribution in [2.75, 3.05) is 20.8 Å². The fourth-order valence-electron chi connectivity index (χ4n) is 5.09. The molecule has 1 amide bonds. The second-order valence-electron chi connectivity index (χ2n) is 9.67. The maximum Gasteiger partial charge on any atom is 0.291 e. The van der Waals surface area contributed by atoms with Crippen molar-refractivity contribution in [3.8, 4) is 17.2 Å². The fourth-order valence-corrected chi connectivity index (χ4v) is 5.09. The minimum atomic E-state index is -0.650. The Labute approximate surface area is 227 Å². The zero-order chi connectivity index (χ0) is 27.4. The number of hydrogen-bond donors (Lipinski definition) is 0. The number of para-hydroxylation sites is 1. The number of rotatable bonds is 11. The van der Waals surface area contributed by atoms with E-state index in [1.807, 2.05) is 42.5 Å². The van der Waals surface area contributed by atoms with Crippen LogP contribution in [0.1, 0.15) is 65.9 Å². The molecule has 3 aromatic carbocycles. The van der Waals surface area contributed by atoms with Gasteiger partial charge in [0, 0.05) is 6.54 Å². The molecule has 4 aromatic rings. The van der Waals surface area contributed by atoms with Gasteiger partial charge in [-0.25, -0.2) is 0 Å². The van der Waals surface area contributed by atoms with Gasteiger partial charge in [0.1, 0.15) is 11.3 Å². The maximum atomic E-state index is 13.8. The van der Waals surface area contributed by atoms with Crippen LogP contribution in [-0.2, 0) is 6.54 Å². The number of carbonyl (C=O) groups excluding carboxylic acids is 1. The largest absolute Gasteiger partial charge is 0.497 e. The van der Waals surface area contributed by atoms with Crippen LogP contribution in [0.4, 0.5) is 0 Å². The molecule has 0 spiro atoms. The Bertz CT molecular complexity index is 1520. The number of fused-ring (bicyclic) bond motifs is 2. The number of ether oxygens (including phenoxy) is 3. The van der Waals surface area contributed by atoms with Gasteiger partial charge in [0.15, 0.2) is 16.9 Å². The first kappa shape index (κ1) is 26.4. The van der Waals surface area contributed by atoms with E-state index in [-0.39, 0.29) is 23.6 Å². The van der Waals surface area contributed by atoms with Gasteiger partial charge in [0.2, 0.25) is 5.76 Å². The van der Waals surface area contributed by atoms with E-state index in [1.165, 1.54) is 6.42 Å². The second kappa shape index (κ2) is 11.6. The lowest BCUT2D eigenvalue weighted by Crippen LogP contribution is -2.29. The van der Waals surface area contributed by atoms with Gasteiger partial charge in [-0.15, -0.1) is 0 Å². The van der Waals surface area contributed by atoms with E-state index in [0.717, 1.165) is 36.1 Å². The SMILES string of the molecule is CCCCCCOc1ccc(C2c3c(oc4ccccc4c3=O)C(=O)N2Cc2ccc(OC)cc2)cc1OC. The van der Waals surface area contributed by atoms with Crippen LogP contribution in [0.15, 0.2) is 75.9 Å². The first-order chi connectivity index (χ1) is 19.0. The first-order valence-electron chi connectivity index (χ1n) is 13.4. The van der Waals surface area contributed by atoms with Gasteiger partial charge in [0.05, 0.1) is 37.8 Å². The molecule has 1 atom stereocenters. The van der Waals surface area contributed by atoms with Gasteiger partial charge in [-0.05, 0) is 53.9 Å². The summed E-state index contributed by atoms with van der Waals surface area (Å²) < 4.78 is 23.0. The van der Waals surface area contributed by atoms with Gasteiger partial charge >= 0.3 is 0 Å². The topological polar surface area (TPSA) is 78.2 Å². The van der Waals surface area contributed by atoms with E-state index < -0.39 is 6.04 Å². The number of nitrogens with zero attached hydrogens (tertiary/aromatic N) is 1. The number of methoxy groups -OCH3 is 2. The quantitative estimate of drug-likeness (QED) is 0.207. The maximum absolute atomic E-state index is 13.8. The van der Waals surface area contributed by atoms with Crippen molar-refractivity contribution in [3.63, 3.8) is 0 Å². The van der Waals surface area contributed by atoms with Gasteiger partial charge < -0.3 is 23.5 Å². The number of hydrogen-bond acceptors (Lipinski definition) is 6. The first-order valence-corrected chi connectivity index (χ1v) is 13.4. The van der Waals surface area contributed by atoms with Crippen LogP contribution >= 0.6 is 0 Å². The molecular weight excluding hydrogens is 494 g/mol. The van der Waals surface area contributed by atoms with Crippen molar-refractivity contribution in [2.24, 2.45) is 0 Å². The Morgan fingerprint density at radius 2 is 1.67 bits per heavy atom. The van der Waals surface area contributed by atoms with E-state index in [1.54, 1.807) is 43.4 Å². The average Bonchev–Trinajstić information content (AvgIpc) is 3.24. The molecular formula is C32H33NO6. The predicted octanol–water partition coefficient (Wildman–Crippen LogP) is 6.51. The summed E-state index contributed by atoms with van der Waals surface area (Å²) in [5, 5.41) is 0.444. The Morgan fingerprint density at radius 1 is 0.872 bits per heavy atom. The molecule has 0 saturated heterocycles. The second-order valence-corrected chi connectivity index (χ2v) is 9.67. The lowest BCUT2D eigenvalue weighted by Gasteiger charge is -2.26. The minimum Gasteiger partial charge on any atom is -0.497 e. The lowest BCUT2D eigenvalue weighted by molar-refractivity contribution is 0.0714. The number of carbonyl (C=O) groups is 1. The summed E-state index contributed by atoms with van der Waals surface area (Å²) >= 11 is 0. The molecule has 39 heavy (non-hydrogen) atoms. The molecule has 0 bridgehead atoms. The summed E-state index contributed by atoms with van der Waals surface area (Å²) in [6.45, 7) is 3.06. The summed E-state index contributed by atoms with van der Waals surface area (Å²) in [6, 6.07) is 19.5. The van der Waals surface area contributed by atoms with Crippen LogP contribution in [0.3, 0.4) is 0 Å². The van der Waals surface area contributed by atoms with Crippen molar-refractivity contribution < 1.29 is 23.4 Å². The molecule has 5 rings (SSSR count). The van der Waals surface area contributed by atoms with Crippen molar-refractivity contribution in [3.05, 3.63) is 99.4 Å². The van der Waals surface area contributed by atoms with Gasteiger partial charge in [0.25, 0.3) is 5.91 Å². The smallest absolute Gasteiger partial charge is 0.291 e. The highest BCUT2D eigenvalue weighted by molar-refractivity contribution is 5.99. The average molecular weight is 528 g/mol. The molecule has 0 aliphatic carbocycles. The number of unbranched alkanes of at least 4 members (excludes halogenated alkanes) is 3. The minimum absolute atomic E-state index is 0.0763. The van der Waals surface area contributed by atoms with Crippen LogP contribution in [0.25, 0.3) is 11.0 Å². The standard InChI is InChI=1S/C32H33NO6/c1-4-5-6-9-18-38-26-17-14-22(19-27(26)37-3)29-28-30(34)24-10-7-8-11-25(24)39-31(28)32(35)33(29)20-21-12-15-23(36-2)16-13-21/h7-8,10-17,19,29H,4-6,9,18,20H2,1-3H3. The summed E-state index contributed by atoms with van der Waals surface area (Å²) in [5.41, 5.74) is 2.16. The Kier molecular flexibility index (Phi) is 7.87. The fraction of sp³-hybridized carbons (Fsp3) is 0.312. The molecule has 1 aliphatic heterocycles. The van der Waals surface area contributed by atoms with Gasteiger partial charge in [-0.2, -0.15) is 0 Å². The zero-order valence-corrected chi connectivity index (χ0v) is 22.6. The third-order valence-electron chi connectivity index (χ3n) is 7.14. The van der Waals surface area contributed by atoms with Gasteiger partial charge in [-0.3, -0.25) is 9.59 Å². The van der Waals surface area contributed by atoms with Crippen molar-refractivity contribution in [1.82, 2.24) is 4.90 Å². The Balaban J connectivity index is 1.56. The van der Waals surface area contributed by atoms with Crippen molar-refractivity contribution in [1.29, 1.82) is 0 Å². The molecule has 1 aromatic heterocycles. The van der Waals surface area contributed by atoms with Crippen LogP contribution in [0.2, 0.25) is 0 Å². The monoisotopic (exact) mass is 527 g/mol. The van der Waals surface area contributed by atoms with E-state index >= 15 is 0 Å². The molecule has 1 unspecified atom stereocenters. The van der Waals surface area contributed by atoms with E-state index in [0.29, 0.717) is 34.6 Å². The predicted molar refractivity (Wildman–Crippen MR) is 150 cm³/mol. The highest BCUT2D eigenvalue weighted by Crippen LogP contribution is 2.41. The summed E-state index contributed by atoms with van der Waals surface area (Å²) in [6.07, 6.45) is 4.42. The highest BCUT2D eigenvalue weighted by atomic mass is 16.5. The molecule has 202 valence electrons. The third kappa shape index (κ3) is 5.21. The van der Waals surface area contributed by atoms with Crippen LogP contribution in [0, 0.1) is 0 Å². The molecule has 0 radical (unpaired) electrons. The third-order valence-corrected chi connectivity index (χ3v) is 7.14. The number of benzene rings is 3. The van der Waals surface area contributed by atoms with Crippen molar-refractivity contribution in [2.45, 2.75) is 45.2 Å². The summed E-state index contributed by atoms with van der Waals surface area (Å²) in [4.78, 5) is 29.2. The highest BCUT2D eigenvalue weighted by Gasteiger charge is 2.43. The molecule has 0 saturated carbocycles. The van der Waals surface area contributed by atoms with Crippen LogP contribution in [-0.4, -0.2) is 31.6 Å². The zero-order valence-electron chi connectivity index (χ0n) is 22.6. The molecule has 1 aliphatic rings. The summed E-state index contributed by atoms with van der Waals surface area (Å²) in [7, 11) is 3.20. The van der Waals surface area contributed by atoms with Crippen LogP contribution in [0.5, 0.6) is 17.2 Å². The molecule has 7 nitrogen and oxygen atoms in total. The van der Waals surface area contributed by atoms with Gasteiger partial charge in [-0.1, -0.05) is 56.5 Å². The van der Waals surface area contributed by atoms with E-state index in [4.69, 9.17) is 18.6 Å². The van der Waals surface area contributed by atoms with Crippen LogP contribution < -0.4 is 19.6 Å². The normalized spacial score (nSPS) is 14.5. The Morgan fingerprint density at radius 3 is 2.41 bits per heavy atom. The number of amides is 1. The van der Waals surface area contributed by atoms with Crippen molar-refractivity contribution >= 4 is 16.9 Å². The van der Waals surface area contributed by atoms with E-state index in [9.17, 15) is 9.59 Å².